The summed E-state index contributed by atoms with van der Waals surface area (Å²) in [6.45, 7) is 2.75. The lowest BCUT2D eigenvalue weighted by molar-refractivity contribution is -0.390. The molecule has 0 aliphatic heterocycles. The molecule has 0 radical (unpaired) electrons. The number of rotatable bonds is 6. The van der Waals surface area contributed by atoms with E-state index in [1.807, 2.05) is 0 Å². The second kappa shape index (κ2) is 5.81. The molecule has 0 fully saturated rings. The van der Waals surface area contributed by atoms with Crippen LogP contribution in [0, 0.1) is 15.9 Å². The molecule has 2 N–H and O–H groups in total. The lowest BCUT2D eigenvalue weighted by atomic mass is 10.0. The van der Waals surface area contributed by atoms with Gasteiger partial charge < -0.3 is 5.11 Å². The summed E-state index contributed by atoms with van der Waals surface area (Å²) < 4.78 is 39.9. The number of nitrogens with one attached hydrogen (secondary N) is 1. The fourth-order valence-corrected chi connectivity index (χ4v) is 3.26. The third-order valence-electron chi connectivity index (χ3n) is 2.57. The summed E-state index contributed by atoms with van der Waals surface area (Å²) in [5.41, 5.74) is -2.12. The summed E-state index contributed by atoms with van der Waals surface area (Å²) in [6, 6.07) is 2.85. The SMILES string of the molecule is CC(C)(CCO)NS(=O)(=O)c1cccc(F)c1[N+](=O)[O-]. The van der Waals surface area contributed by atoms with E-state index < -0.39 is 36.9 Å². The number of benzene rings is 1. The Balaban J connectivity index is 3.30. The highest BCUT2D eigenvalue weighted by molar-refractivity contribution is 7.89. The van der Waals surface area contributed by atoms with Crippen LogP contribution in [0.3, 0.4) is 0 Å². The molecular formula is C11H15FN2O5S. The van der Waals surface area contributed by atoms with E-state index >= 15 is 0 Å². The fourth-order valence-electron chi connectivity index (χ4n) is 1.64. The van der Waals surface area contributed by atoms with Crippen molar-refractivity contribution in [2.75, 3.05) is 6.61 Å². The Hall–Kier alpha value is -1.58. The van der Waals surface area contributed by atoms with Crippen molar-refractivity contribution in [1.29, 1.82) is 0 Å². The van der Waals surface area contributed by atoms with Crippen molar-refractivity contribution in [3.05, 3.63) is 34.1 Å². The highest BCUT2D eigenvalue weighted by atomic mass is 32.2. The molecule has 0 atom stereocenters. The van der Waals surface area contributed by atoms with Crippen LogP contribution in [0.15, 0.2) is 23.1 Å². The average molecular weight is 306 g/mol. The lowest BCUT2D eigenvalue weighted by Gasteiger charge is -2.24. The normalized spacial score (nSPS) is 12.4. The molecule has 1 aromatic rings. The van der Waals surface area contributed by atoms with Crippen molar-refractivity contribution in [1.82, 2.24) is 4.72 Å². The predicted octanol–water partition coefficient (Wildman–Crippen LogP) is 1.17. The van der Waals surface area contributed by atoms with Crippen molar-refractivity contribution in [2.24, 2.45) is 0 Å². The highest BCUT2D eigenvalue weighted by Gasteiger charge is 2.33. The van der Waals surface area contributed by atoms with Crippen molar-refractivity contribution in [2.45, 2.75) is 30.7 Å². The molecule has 0 saturated heterocycles. The van der Waals surface area contributed by atoms with Crippen LogP contribution in [0.4, 0.5) is 10.1 Å². The minimum atomic E-state index is -4.28. The summed E-state index contributed by atoms with van der Waals surface area (Å²) in [4.78, 5) is 8.99. The molecule has 0 spiro atoms. The number of nitrogens with zero attached hydrogens (tertiary/aromatic N) is 1. The maximum atomic E-state index is 13.4. The van der Waals surface area contributed by atoms with Crippen LogP contribution in [0.5, 0.6) is 0 Å². The molecule has 20 heavy (non-hydrogen) atoms. The molecule has 0 saturated carbocycles. The molecule has 1 aromatic carbocycles. The summed E-state index contributed by atoms with van der Waals surface area (Å²) in [5, 5.41) is 19.7. The van der Waals surface area contributed by atoms with E-state index in [1.165, 1.54) is 13.8 Å². The minimum Gasteiger partial charge on any atom is -0.396 e. The molecule has 0 bridgehead atoms. The van der Waals surface area contributed by atoms with Crippen LogP contribution in [0.25, 0.3) is 0 Å². The zero-order valence-corrected chi connectivity index (χ0v) is 11.8. The number of nitro benzene ring substituents is 1. The fraction of sp³-hybridized carbons (Fsp3) is 0.455. The number of aliphatic hydroxyl groups excluding tert-OH is 1. The van der Waals surface area contributed by atoms with Crippen LogP contribution < -0.4 is 4.72 Å². The molecule has 0 aliphatic rings. The van der Waals surface area contributed by atoms with E-state index in [4.69, 9.17) is 5.11 Å². The Bertz CT molecular complexity index is 615. The van der Waals surface area contributed by atoms with Crippen LogP contribution in [-0.4, -0.2) is 30.6 Å². The van der Waals surface area contributed by atoms with Crippen molar-refractivity contribution in [3.8, 4) is 0 Å². The van der Waals surface area contributed by atoms with Gasteiger partial charge in [-0.15, -0.1) is 0 Å². The predicted molar refractivity (Wildman–Crippen MR) is 69.2 cm³/mol. The molecule has 0 unspecified atom stereocenters. The third kappa shape index (κ3) is 3.71. The van der Waals surface area contributed by atoms with Gasteiger partial charge in [0.15, 0.2) is 4.90 Å². The molecule has 0 amide bonds. The molecule has 0 heterocycles. The van der Waals surface area contributed by atoms with Crippen LogP contribution in [-0.2, 0) is 10.0 Å². The van der Waals surface area contributed by atoms with E-state index in [0.29, 0.717) is 0 Å². The molecule has 1 rings (SSSR count). The topological polar surface area (TPSA) is 110 Å². The van der Waals surface area contributed by atoms with E-state index in [2.05, 4.69) is 4.72 Å². The first kappa shape index (κ1) is 16.5. The van der Waals surface area contributed by atoms with Gasteiger partial charge in [0.25, 0.3) is 0 Å². The number of halogens is 1. The number of hydrogen-bond acceptors (Lipinski definition) is 5. The number of nitro groups is 1. The van der Waals surface area contributed by atoms with Gasteiger partial charge in [0, 0.05) is 12.1 Å². The van der Waals surface area contributed by atoms with Crippen molar-refractivity contribution >= 4 is 15.7 Å². The monoisotopic (exact) mass is 306 g/mol. The first-order chi connectivity index (χ1) is 9.10. The van der Waals surface area contributed by atoms with Gasteiger partial charge in [-0.25, -0.2) is 13.1 Å². The smallest absolute Gasteiger partial charge is 0.324 e. The maximum Gasteiger partial charge on any atom is 0.324 e. The standard InChI is InChI=1S/C11H15FN2O5S/c1-11(2,6-7-15)13-20(18,19)9-5-3-4-8(12)10(9)14(16)17/h3-5,13,15H,6-7H2,1-2H3. The molecule has 7 nitrogen and oxygen atoms in total. The maximum absolute atomic E-state index is 13.4. The first-order valence-corrected chi connectivity index (χ1v) is 7.17. The second-order valence-corrected chi connectivity index (χ2v) is 6.46. The quantitative estimate of drug-likeness (QED) is 0.605. The summed E-state index contributed by atoms with van der Waals surface area (Å²) in [7, 11) is -4.28. The minimum absolute atomic E-state index is 0.106. The van der Waals surface area contributed by atoms with E-state index in [-0.39, 0.29) is 13.0 Å². The molecule has 0 aromatic heterocycles. The van der Waals surface area contributed by atoms with Gasteiger partial charge in [0.05, 0.1) is 4.92 Å². The van der Waals surface area contributed by atoms with Gasteiger partial charge in [-0.3, -0.25) is 10.1 Å². The van der Waals surface area contributed by atoms with Gasteiger partial charge in [-0.1, -0.05) is 6.07 Å². The zero-order chi connectivity index (χ0) is 15.6. The van der Waals surface area contributed by atoms with Crippen molar-refractivity contribution in [3.63, 3.8) is 0 Å². The lowest BCUT2D eigenvalue weighted by Crippen LogP contribution is -2.44. The van der Waals surface area contributed by atoms with Gasteiger partial charge in [-0.05, 0) is 32.4 Å². The molecule has 0 aliphatic carbocycles. The van der Waals surface area contributed by atoms with Crippen LogP contribution in [0.1, 0.15) is 20.3 Å². The van der Waals surface area contributed by atoms with Crippen LogP contribution >= 0.6 is 0 Å². The number of aliphatic hydroxyl groups is 1. The molecule has 9 heteroatoms. The average Bonchev–Trinajstić information content (AvgIpc) is 2.26. The Kier molecular flexibility index (Phi) is 4.79. The third-order valence-corrected chi connectivity index (χ3v) is 4.30. The summed E-state index contributed by atoms with van der Waals surface area (Å²) in [6.07, 6.45) is 0.106. The van der Waals surface area contributed by atoms with Gasteiger partial charge in [0.1, 0.15) is 0 Å². The highest BCUT2D eigenvalue weighted by Crippen LogP contribution is 2.27. The van der Waals surface area contributed by atoms with Crippen LogP contribution in [0.2, 0.25) is 0 Å². The second-order valence-electron chi connectivity index (χ2n) is 4.81. The summed E-state index contributed by atoms with van der Waals surface area (Å²) in [5.74, 6) is -1.22. The van der Waals surface area contributed by atoms with E-state index in [9.17, 15) is 22.9 Å². The van der Waals surface area contributed by atoms with Gasteiger partial charge in [-0.2, -0.15) is 4.39 Å². The Labute approximate surface area is 115 Å². The number of sulfonamides is 1. The van der Waals surface area contributed by atoms with E-state index in [1.54, 1.807) is 0 Å². The Morgan fingerprint density at radius 3 is 2.55 bits per heavy atom. The molecular weight excluding hydrogens is 291 g/mol. The largest absolute Gasteiger partial charge is 0.396 e. The van der Waals surface area contributed by atoms with Crippen molar-refractivity contribution < 1.29 is 22.8 Å². The zero-order valence-electron chi connectivity index (χ0n) is 11.0. The van der Waals surface area contributed by atoms with Gasteiger partial charge >= 0.3 is 5.69 Å². The Morgan fingerprint density at radius 1 is 1.45 bits per heavy atom. The van der Waals surface area contributed by atoms with Gasteiger partial charge in [0.2, 0.25) is 15.8 Å². The number of para-hydroxylation sites is 1. The molecule has 112 valence electrons. The first-order valence-electron chi connectivity index (χ1n) is 5.68. The Morgan fingerprint density at radius 2 is 2.05 bits per heavy atom. The summed E-state index contributed by atoms with van der Waals surface area (Å²) >= 11 is 0. The number of hydrogen-bond donors (Lipinski definition) is 2. The van der Waals surface area contributed by atoms with E-state index in [0.717, 1.165) is 18.2 Å².